The number of benzene rings is 1. The van der Waals surface area contributed by atoms with Gasteiger partial charge in [-0.3, -0.25) is 10.1 Å². The number of rotatable bonds is 5. The largest absolute Gasteiger partial charge is 0.388 e. The molecule has 1 atom stereocenters. The Morgan fingerprint density at radius 3 is 2.55 bits per heavy atom. The first-order valence-corrected chi connectivity index (χ1v) is 7.15. The van der Waals surface area contributed by atoms with Crippen molar-refractivity contribution in [3.05, 3.63) is 51.4 Å². The Labute approximate surface area is 121 Å². The van der Waals surface area contributed by atoms with E-state index in [4.69, 9.17) is 0 Å². The highest BCUT2D eigenvalue weighted by Gasteiger charge is 2.25. The average Bonchev–Trinajstić information content (AvgIpc) is 2.86. The Hall–Kier alpha value is -1.92. The molecule has 0 radical (unpaired) electrons. The summed E-state index contributed by atoms with van der Waals surface area (Å²) >= 11 is 1.26. The summed E-state index contributed by atoms with van der Waals surface area (Å²) in [5.41, 5.74) is 0.939. The number of aliphatic hydroxyl groups is 1. The van der Waals surface area contributed by atoms with E-state index in [1.165, 1.54) is 17.4 Å². The van der Waals surface area contributed by atoms with Crippen molar-refractivity contribution in [1.82, 2.24) is 0 Å². The van der Waals surface area contributed by atoms with Crippen molar-refractivity contribution in [2.75, 3.05) is 11.4 Å². The molecule has 0 saturated heterocycles. The number of anilines is 2. The Bertz CT molecular complexity index is 596. The molecule has 20 heavy (non-hydrogen) atoms. The Morgan fingerprint density at radius 1 is 1.40 bits per heavy atom. The minimum absolute atomic E-state index is 0.0385. The zero-order valence-corrected chi connectivity index (χ0v) is 12.1. The van der Waals surface area contributed by atoms with E-state index >= 15 is 0 Å². The third-order valence-electron chi connectivity index (χ3n) is 2.95. The van der Waals surface area contributed by atoms with E-state index < -0.39 is 11.0 Å². The van der Waals surface area contributed by atoms with Gasteiger partial charge in [0.2, 0.25) is 0 Å². The summed E-state index contributed by atoms with van der Waals surface area (Å²) in [7, 11) is 0. The van der Waals surface area contributed by atoms with Crippen molar-refractivity contribution in [2.45, 2.75) is 20.0 Å². The van der Waals surface area contributed by atoms with Gasteiger partial charge in [0.05, 0.1) is 11.0 Å². The lowest BCUT2D eigenvalue weighted by Crippen LogP contribution is -2.15. The SMILES string of the molecule is CCN(c1ccccc1)c1sc([C@@H](C)O)cc1[N+](=O)[O-]. The highest BCUT2D eigenvalue weighted by Crippen LogP contribution is 2.42. The van der Waals surface area contributed by atoms with Crippen LogP contribution in [-0.2, 0) is 0 Å². The van der Waals surface area contributed by atoms with Crippen LogP contribution >= 0.6 is 11.3 Å². The molecular weight excluding hydrogens is 276 g/mol. The molecule has 1 aromatic carbocycles. The van der Waals surface area contributed by atoms with E-state index in [9.17, 15) is 15.2 Å². The maximum atomic E-state index is 11.2. The number of aliphatic hydroxyl groups excluding tert-OH is 1. The topological polar surface area (TPSA) is 66.6 Å². The minimum Gasteiger partial charge on any atom is -0.388 e. The van der Waals surface area contributed by atoms with E-state index in [1.54, 1.807) is 6.92 Å². The minimum atomic E-state index is -0.707. The molecular formula is C14H16N2O3S. The van der Waals surface area contributed by atoms with Gasteiger partial charge in [-0.15, -0.1) is 11.3 Å². The number of hydrogen-bond donors (Lipinski definition) is 1. The lowest BCUT2D eigenvalue weighted by atomic mass is 10.2. The van der Waals surface area contributed by atoms with Crippen molar-refractivity contribution in [1.29, 1.82) is 0 Å². The zero-order valence-electron chi connectivity index (χ0n) is 11.3. The van der Waals surface area contributed by atoms with Crippen molar-refractivity contribution < 1.29 is 10.0 Å². The summed E-state index contributed by atoms with van der Waals surface area (Å²) < 4.78 is 0. The molecule has 2 aromatic rings. The quantitative estimate of drug-likeness (QED) is 0.671. The van der Waals surface area contributed by atoms with Crippen LogP contribution in [0.25, 0.3) is 0 Å². The molecule has 5 nitrogen and oxygen atoms in total. The first kappa shape index (κ1) is 14.5. The van der Waals surface area contributed by atoms with Crippen LogP contribution in [0.1, 0.15) is 24.8 Å². The molecule has 0 saturated carbocycles. The molecule has 0 spiro atoms. The van der Waals surface area contributed by atoms with Crippen LogP contribution in [0.3, 0.4) is 0 Å². The van der Waals surface area contributed by atoms with Gasteiger partial charge in [-0.25, -0.2) is 0 Å². The highest BCUT2D eigenvalue weighted by atomic mass is 32.1. The van der Waals surface area contributed by atoms with E-state index in [0.717, 1.165) is 5.69 Å². The summed E-state index contributed by atoms with van der Waals surface area (Å²) in [6.45, 7) is 4.17. The van der Waals surface area contributed by atoms with Gasteiger partial charge in [0.15, 0.2) is 5.00 Å². The second kappa shape index (κ2) is 6.02. The fraction of sp³-hybridized carbons (Fsp3) is 0.286. The summed E-state index contributed by atoms with van der Waals surface area (Å²) in [6, 6.07) is 11.0. The van der Waals surface area contributed by atoms with E-state index in [0.29, 0.717) is 16.4 Å². The lowest BCUT2D eigenvalue weighted by molar-refractivity contribution is -0.383. The third-order valence-corrected chi connectivity index (χ3v) is 4.27. The van der Waals surface area contributed by atoms with Crippen LogP contribution in [0.4, 0.5) is 16.4 Å². The van der Waals surface area contributed by atoms with E-state index in [-0.39, 0.29) is 5.69 Å². The third kappa shape index (κ3) is 2.81. The fourth-order valence-corrected chi connectivity index (χ4v) is 3.12. The summed E-state index contributed by atoms with van der Waals surface area (Å²) in [4.78, 5) is 13.3. The molecule has 106 valence electrons. The average molecular weight is 292 g/mol. The van der Waals surface area contributed by atoms with Gasteiger partial charge >= 0.3 is 5.69 Å². The summed E-state index contributed by atoms with van der Waals surface area (Å²) in [6.07, 6.45) is -0.707. The Balaban J connectivity index is 2.51. The molecule has 1 heterocycles. The van der Waals surface area contributed by atoms with Crippen molar-refractivity contribution in [2.24, 2.45) is 0 Å². The standard InChI is InChI=1S/C14H16N2O3S/c1-3-15(11-7-5-4-6-8-11)14-12(16(18)19)9-13(20-14)10(2)17/h4-10,17H,3H2,1-2H3/t10-/m1/s1. The molecule has 0 amide bonds. The predicted molar refractivity (Wildman–Crippen MR) is 80.7 cm³/mol. The van der Waals surface area contributed by atoms with Crippen LogP contribution in [0.2, 0.25) is 0 Å². The first-order valence-electron chi connectivity index (χ1n) is 6.33. The molecule has 0 aliphatic carbocycles. The summed E-state index contributed by atoms with van der Waals surface area (Å²) in [5, 5.41) is 21.4. The number of thiophene rings is 1. The molecule has 1 N–H and O–H groups in total. The van der Waals surface area contributed by atoms with Gasteiger partial charge in [-0.05, 0) is 26.0 Å². The summed E-state index contributed by atoms with van der Waals surface area (Å²) in [5.74, 6) is 0. The van der Waals surface area contributed by atoms with Crippen LogP contribution in [0.5, 0.6) is 0 Å². The van der Waals surface area contributed by atoms with Crippen LogP contribution in [0, 0.1) is 10.1 Å². The molecule has 0 aliphatic rings. The number of para-hydroxylation sites is 1. The van der Waals surface area contributed by atoms with Crippen molar-refractivity contribution in [3.63, 3.8) is 0 Å². The maximum absolute atomic E-state index is 11.2. The van der Waals surface area contributed by atoms with Crippen molar-refractivity contribution in [3.8, 4) is 0 Å². The second-order valence-corrected chi connectivity index (χ2v) is 5.41. The monoisotopic (exact) mass is 292 g/mol. The molecule has 6 heteroatoms. The van der Waals surface area contributed by atoms with Gasteiger partial charge in [0, 0.05) is 23.2 Å². The van der Waals surface area contributed by atoms with Crippen molar-refractivity contribution >= 4 is 27.7 Å². The number of nitrogens with zero attached hydrogens (tertiary/aromatic N) is 2. The molecule has 0 bridgehead atoms. The van der Waals surface area contributed by atoms with E-state index in [1.807, 2.05) is 42.2 Å². The maximum Gasteiger partial charge on any atom is 0.304 e. The van der Waals surface area contributed by atoms with Gasteiger partial charge in [0.1, 0.15) is 0 Å². The Morgan fingerprint density at radius 2 is 2.05 bits per heavy atom. The lowest BCUT2D eigenvalue weighted by Gasteiger charge is -2.20. The molecule has 0 unspecified atom stereocenters. The van der Waals surface area contributed by atoms with Gasteiger partial charge in [-0.2, -0.15) is 0 Å². The van der Waals surface area contributed by atoms with Gasteiger partial charge < -0.3 is 10.0 Å². The van der Waals surface area contributed by atoms with Crippen LogP contribution < -0.4 is 4.90 Å². The highest BCUT2D eigenvalue weighted by molar-refractivity contribution is 7.16. The fourth-order valence-electron chi connectivity index (χ4n) is 1.97. The molecule has 0 fully saturated rings. The van der Waals surface area contributed by atoms with Gasteiger partial charge in [0.25, 0.3) is 0 Å². The number of nitro groups is 1. The van der Waals surface area contributed by atoms with Crippen LogP contribution in [0.15, 0.2) is 36.4 Å². The Kier molecular flexibility index (Phi) is 4.36. The van der Waals surface area contributed by atoms with E-state index in [2.05, 4.69) is 0 Å². The molecule has 0 aliphatic heterocycles. The number of hydrogen-bond acceptors (Lipinski definition) is 5. The zero-order chi connectivity index (χ0) is 14.7. The van der Waals surface area contributed by atoms with Gasteiger partial charge in [-0.1, -0.05) is 18.2 Å². The molecule has 2 rings (SSSR count). The smallest absolute Gasteiger partial charge is 0.304 e. The molecule has 1 aromatic heterocycles. The second-order valence-electron chi connectivity index (χ2n) is 4.35. The first-order chi connectivity index (χ1) is 9.54. The predicted octanol–water partition coefficient (Wildman–Crippen LogP) is 3.87. The normalized spacial score (nSPS) is 12.2. The van der Waals surface area contributed by atoms with Crippen LogP contribution in [-0.4, -0.2) is 16.6 Å².